The van der Waals surface area contributed by atoms with Gasteiger partial charge in [-0.05, 0) is 56.9 Å². The molecule has 1 amide bonds. The first-order valence-electron chi connectivity index (χ1n) is 7.64. The van der Waals surface area contributed by atoms with E-state index >= 15 is 0 Å². The van der Waals surface area contributed by atoms with Gasteiger partial charge >= 0.3 is 0 Å². The van der Waals surface area contributed by atoms with Crippen LogP contribution in [0, 0.1) is 13.8 Å². The molecule has 1 unspecified atom stereocenters. The average molecular weight is 286 g/mol. The van der Waals surface area contributed by atoms with E-state index < -0.39 is 0 Å². The molecule has 21 heavy (non-hydrogen) atoms. The molecule has 1 aliphatic rings. The molecule has 2 heterocycles. The Morgan fingerprint density at radius 2 is 2.24 bits per heavy atom. The molecule has 1 aliphatic heterocycles. The first-order valence-corrected chi connectivity index (χ1v) is 7.64. The van der Waals surface area contributed by atoms with Gasteiger partial charge in [0, 0.05) is 35.3 Å². The highest BCUT2D eigenvalue weighted by Gasteiger charge is 2.16. The van der Waals surface area contributed by atoms with Gasteiger partial charge in [-0.3, -0.25) is 4.79 Å². The lowest BCUT2D eigenvalue weighted by Gasteiger charge is -2.22. The Labute approximate surface area is 124 Å². The number of carbonyl (C=O) groups is 1. The number of aromatic amines is 1. The molecule has 1 fully saturated rings. The van der Waals surface area contributed by atoms with Gasteiger partial charge in [-0.1, -0.05) is 0 Å². The van der Waals surface area contributed by atoms with Crippen LogP contribution in [0.5, 0.6) is 0 Å². The van der Waals surface area contributed by atoms with Crippen molar-refractivity contribution in [2.24, 2.45) is 0 Å². The summed E-state index contributed by atoms with van der Waals surface area (Å²) in [5.74, 6) is -0.0238. The fraction of sp³-hybridized carbons (Fsp3) is 0.471. The summed E-state index contributed by atoms with van der Waals surface area (Å²) < 4.78 is 5.64. The number of rotatable bonds is 3. The number of amides is 1. The second-order valence-corrected chi connectivity index (χ2v) is 5.83. The molecule has 0 radical (unpaired) electrons. The van der Waals surface area contributed by atoms with Crippen LogP contribution in [0.3, 0.4) is 0 Å². The third-order valence-electron chi connectivity index (χ3n) is 4.33. The van der Waals surface area contributed by atoms with Crippen molar-refractivity contribution in [1.82, 2.24) is 10.3 Å². The van der Waals surface area contributed by atoms with Crippen molar-refractivity contribution >= 4 is 16.8 Å². The van der Waals surface area contributed by atoms with Crippen molar-refractivity contribution in [2.45, 2.75) is 39.2 Å². The van der Waals surface area contributed by atoms with Gasteiger partial charge in [0.2, 0.25) is 0 Å². The van der Waals surface area contributed by atoms with Crippen LogP contribution in [-0.4, -0.2) is 30.1 Å². The van der Waals surface area contributed by atoms with Gasteiger partial charge in [0.15, 0.2) is 0 Å². The Morgan fingerprint density at radius 3 is 3.00 bits per heavy atom. The number of hydrogen-bond donors (Lipinski definition) is 2. The molecule has 1 aromatic heterocycles. The van der Waals surface area contributed by atoms with E-state index in [-0.39, 0.29) is 12.0 Å². The molecular formula is C17H22N2O2. The van der Waals surface area contributed by atoms with E-state index in [0.717, 1.165) is 36.0 Å². The monoisotopic (exact) mass is 286 g/mol. The second kappa shape index (κ2) is 5.90. The minimum atomic E-state index is -0.0238. The first-order chi connectivity index (χ1) is 10.1. The van der Waals surface area contributed by atoms with Crippen molar-refractivity contribution in [3.8, 4) is 0 Å². The highest BCUT2D eigenvalue weighted by molar-refractivity contribution is 5.99. The number of ether oxygens (including phenoxy) is 1. The Bertz CT molecular complexity index is 654. The van der Waals surface area contributed by atoms with Gasteiger partial charge in [-0.2, -0.15) is 0 Å². The Hall–Kier alpha value is -1.81. The lowest BCUT2D eigenvalue weighted by molar-refractivity contribution is 0.0169. The van der Waals surface area contributed by atoms with E-state index in [9.17, 15) is 4.79 Å². The van der Waals surface area contributed by atoms with Crippen molar-refractivity contribution in [3.63, 3.8) is 0 Å². The standard InChI is InChI=1S/C17H22N2O2/c1-11-12(2)19-16-7-6-13(9-15(11)16)17(20)18-10-14-5-3-4-8-21-14/h6-7,9,14,19H,3-5,8,10H2,1-2H3,(H,18,20). The molecule has 3 rings (SSSR count). The number of aromatic nitrogens is 1. The van der Waals surface area contributed by atoms with E-state index in [4.69, 9.17) is 4.74 Å². The van der Waals surface area contributed by atoms with E-state index in [0.29, 0.717) is 12.1 Å². The Balaban J connectivity index is 1.70. The molecule has 4 nitrogen and oxygen atoms in total. The van der Waals surface area contributed by atoms with Crippen LogP contribution < -0.4 is 5.32 Å². The first kappa shape index (κ1) is 14.1. The normalized spacial score (nSPS) is 18.9. The van der Waals surface area contributed by atoms with E-state index in [1.165, 1.54) is 12.0 Å². The second-order valence-electron chi connectivity index (χ2n) is 5.83. The van der Waals surface area contributed by atoms with Gasteiger partial charge in [-0.25, -0.2) is 0 Å². The highest BCUT2D eigenvalue weighted by atomic mass is 16.5. The molecule has 2 N–H and O–H groups in total. The van der Waals surface area contributed by atoms with Crippen LogP contribution in [0.1, 0.15) is 40.9 Å². The third kappa shape index (κ3) is 2.95. The Morgan fingerprint density at radius 1 is 1.38 bits per heavy atom. The summed E-state index contributed by atoms with van der Waals surface area (Å²) in [4.78, 5) is 15.6. The molecule has 2 aromatic rings. The maximum absolute atomic E-state index is 12.3. The van der Waals surface area contributed by atoms with Crippen LogP contribution in [0.15, 0.2) is 18.2 Å². The third-order valence-corrected chi connectivity index (χ3v) is 4.33. The fourth-order valence-corrected chi connectivity index (χ4v) is 2.88. The predicted octanol–water partition coefficient (Wildman–Crippen LogP) is 3.08. The van der Waals surface area contributed by atoms with Crippen molar-refractivity contribution in [3.05, 3.63) is 35.0 Å². The van der Waals surface area contributed by atoms with Gasteiger partial charge in [0.25, 0.3) is 5.91 Å². The Kier molecular flexibility index (Phi) is 3.97. The minimum absolute atomic E-state index is 0.0238. The SMILES string of the molecule is Cc1[nH]c2ccc(C(=O)NCC3CCCCO3)cc2c1C. The molecule has 1 aromatic carbocycles. The summed E-state index contributed by atoms with van der Waals surface area (Å²) in [6, 6.07) is 5.81. The highest BCUT2D eigenvalue weighted by Crippen LogP contribution is 2.22. The van der Waals surface area contributed by atoms with E-state index in [1.54, 1.807) is 0 Å². The summed E-state index contributed by atoms with van der Waals surface area (Å²) >= 11 is 0. The maximum atomic E-state index is 12.3. The van der Waals surface area contributed by atoms with Crippen LogP contribution in [0.25, 0.3) is 10.9 Å². The van der Waals surface area contributed by atoms with E-state index in [1.807, 2.05) is 18.2 Å². The summed E-state index contributed by atoms with van der Waals surface area (Å²) in [6.07, 6.45) is 3.53. The lowest BCUT2D eigenvalue weighted by atomic mass is 10.1. The fourth-order valence-electron chi connectivity index (χ4n) is 2.88. The van der Waals surface area contributed by atoms with E-state index in [2.05, 4.69) is 24.1 Å². The van der Waals surface area contributed by atoms with Gasteiger partial charge < -0.3 is 15.0 Å². The quantitative estimate of drug-likeness (QED) is 0.911. The number of carbonyl (C=O) groups excluding carboxylic acids is 1. The zero-order valence-electron chi connectivity index (χ0n) is 12.7. The zero-order valence-corrected chi connectivity index (χ0v) is 12.7. The molecule has 112 valence electrons. The molecular weight excluding hydrogens is 264 g/mol. The maximum Gasteiger partial charge on any atom is 0.251 e. The zero-order chi connectivity index (χ0) is 14.8. The van der Waals surface area contributed by atoms with Gasteiger partial charge in [0.05, 0.1) is 6.10 Å². The molecule has 1 saturated heterocycles. The van der Waals surface area contributed by atoms with Crippen LogP contribution >= 0.6 is 0 Å². The molecule has 0 aliphatic carbocycles. The average Bonchev–Trinajstić information content (AvgIpc) is 2.80. The molecule has 0 saturated carbocycles. The number of benzene rings is 1. The molecule has 1 atom stereocenters. The number of hydrogen-bond acceptors (Lipinski definition) is 2. The number of nitrogens with one attached hydrogen (secondary N) is 2. The number of H-pyrrole nitrogens is 1. The van der Waals surface area contributed by atoms with Crippen LogP contribution in [-0.2, 0) is 4.74 Å². The topological polar surface area (TPSA) is 54.1 Å². The summed E-state index contributed by atoms with van der Waals surface area (Å²) in [7, 11) is 0. The van der Waals surface area contributed by atoms with Crippen LogP contribution in [0.2, 0.25) is 0 Å². The molecule has 4 heteroatoms. The lowest BCUT2D eigenvalue weighted by Crippen LogP contribution is -2.35. The summed E-state index contributed by atoms with van der Waals surface area (Å²) in [5, 5.41) is 4.10. The summed E-state index contributed by atoms with van der Waals surface area (Å²) in [6.45, 7) is 5.54. The smallest absolute Gasteiger partial charge is 0.251 e. The van der Waals surface area contributed by atoms with Crippen molar-refractivity contribution in [2.75, 3.05) is 13.2 Å². The van der Waals surface area contributed by atoms with Crippen molar-refractivity contribution in [1.29, 1.82) is 0 Å². The van der Waals surface area contributed by atoms with Gasteiger partial charge in [-0.15, -0.1) is 0 Å². The van der Waals surface area contributed by atoms with Crippen LogP contribution in [0.4, 0.5) is 0 Å². The predicted molar refractivity (Wildman–Crippen MR) is 83.7 cm³/mol. The number of fused-ring (bicyclic) bond motifs is 1. The van der Waals surface area contributed by atoms with Crippen molar-refractivity contribution < 1.29 is 9.53 Å². The number of aryl methyl sites for hydroxylation is 2. The molecule has 0 spiro atoms. The largest absolute Gasteiger partial charge is 0.376 e. The molecule has 0 bridgehead atoms. The summed E-state index contributed by atoms with van der Waals surface area (Å²) in [5.41, 5.74) is 4.14. The minimum Gasteiger partial charge on any atom is -0.376 e. The van der Waals surface area contributed by atoms with Gasteiger partial charge in [0.1, 0.15) is 0 Å².